The van der Waals surface area contributed by atoms with Crippen LogP contribution in [0.5, 0.6) is 0 Å². The molecule has 1 N–H and O–H groups in total. The molecule has 6 aliphatic carbocycles. The van der Waals surface area contributed by atoms with Crippen LogP contribution in [0, 0.1) is 39.9 Å². The Morgan fingerprint density at radius 2 is 2.00 bits per heavy atom. The van der Waals surface area contributed by atoms with Gasteiger partial charge in [-0.1, -0.05) is 38.1 Å². The molecule has 2 spiro atoms. The van der Waals surface area contributed by atoms with Crippen LogP contribution < -0.4 is 0 Å². The van der Waals surface area contributed by atoms with E-state index in [2.05, 4.69) is 18.4 Å². The molecule has 0 amide bonds. The molecule has 12 atom stereocenters. The summed E-state index contributed by atoms with van der Waals surface area (Å²) < 4.78 is 6.38. The number of fused-ring (bicyclic) bond motifs is 1. The lowest BCUT2D eigenvalue weighted by Gasteiger charge is -2.66. The van der Waals surface area contributed by atoms with Gasteiger partial charge in [0.25, 0.3) is 0 Å². The maximum atomic E-state index is 13.2. The van der Waals surface area contributed by atoms with Crippen LogP contribution in [0.1, 0.15) is 49.4 Å². The smallest absolute Gasteiger partial charge is 0.338 e. The SMILES string of the molecule is C=C1[C@H]2C[C@@H]3[C@H]4N5C[C@]6(C)CCC[C@]47[C@H]([C@H]2O)[C@]3(C[C@H]5[C@H]67)[C@@H]1OC(=O)c1ccccc1. The van der Waals surface area contributed by atoms with Gasteiger partial charge in [-0.3, -0.25) is 4.90 Å². The molecule has 3 saturated heterocycles. The number of rotatable bonds is 2. The zero-order valence-corrected chi connectivity index (χ0v) is 18.2. The fourth-order valence-electron chi connectivity index (χ4n) is 11.4. The molecule has 31 heavy (non-hydrogen) atoms. The normalized spacial score (nSPS) is 58.8. The molecule has 9 fully saturated rings. The number of nitrogens with zero attached hydrogens (tertiary/aromatic N) is 1. The number of benzene rings is 1. The molecule has 6 saturated carbocycles. The number of carbonyl (C=O) groups excluding carboxylic acids is 1. The van der Waals surface area contributed by atoms with Crippen LogP contribution in [0.2, 0.25) is 0 Å². The first-order valence-corrected chi connectivity index (χ1v) is 12.3. The summed E-state index contributed by atoms with van der Waals surface area (Å²) in [5, 5.41) is 11.8. The Morgan fingerprint density at radius 1 is 1.19 bits per heavy atom. The Labute approximate surface area is 183 Å². The van der Waals surface area contributed by atoms with Gasteiger partial charge < -0.3 is 9.84 Å². The molecular weight excluding hydrogens is 386 g/mol. The van der Waals surface area contributed by atoms with Gasteiger partial charge in [0.2, 0.25) is 0 Å². The fraction of sp³-hybridized carbons (Fsp3) is 0.667. The molecule has 4 nitrogen and oxygen atoms in total. The summed E-state index contributed by atoms with van der Waals surface area (Å²) in [5.41, 5.74) is 2.13. The zero-order chi connectivity index (χ0) is 20.9. The Kier molecular flexibility index (Phi) is 2.95. The number of hydrogen-bond donors (Lipinski definition) is 1. The minimum atomic E-state index is -0.315. The summed E-state index contributed by atoms with van der Waals surface area (Å²) in [7, 11) is 0. The van der Waals surface area contributed by atoms with Gasteiger partial charge in [0.1, 0.15) is 6.10 Å². The van der Waals surface area contributed by atoms with Crippen molar-refractivity contribution in [1.29, 1.82) is 0 Å². The summed E-state index contributed by atoms with van der Waals surface area (Å²) >= 11 is 0. The molecule has 9 bridgehead atoms. The van der Waals surface area contributed by atoms with Crippen LogP contribution in [0.25, 0.3) is 0 Å². The average molecular weight is 418 g/mol. The van der Waals surface area contributed by atoms with E-state index in [1.807, 2.05) is 30.3 Å². The minimum absolute atomic E-state index is 0.0794. The maximum Gasteiger partial charge on any atom is 0.338 e. The Balaban J connectivity index is 1.28. The van der Waals surface area contributed by atoms with Gasteiger partial charge in [0.05, 0.1) is 11.7 Å². The van der Waals surface area contributed by atoms with Crippen molar-refractivity contribution in [2.24, 2.45) is 39.9 Å². The van der Waals surface area contributed by atoms with Gasteiger partial charge in [-0.05, 0) is 66.1 Å². The molecule has 1 aromatic carbocycles. The van der Waals surface area contributed by atoms with Gasteiger partial charge in [0, 0.05) is 35.9 Å². The fourth-order valence-corrected chi connectivity index (χ4v) is 11.4. The third-order valence-corrected chi connectivity index (χ3v) is 11.5. The highest BCUT2D eigenvalue weighted by Crippen LogP contribution is 2.87. The number of esters is 1. The molecule has 162 valence electrons. The minimum Gasteiger partial charge on any atom is -0.454 e. The van der Waals surface area contributed by atoms with E-state index in [4.69, 9.17) is 4.74 Å². The number of carbonyl (C=O) groups is 1. The van der Waals surface area contributed by atoms with Crippen LogP contribution in [0.4, 0.5) is 0 Å². The van der Waals surface area contributed by atoms with E-state index in [-0.39, 0.29) is 40.8 Å². The van der Waals surface area contributed by atoms with Crippen LogP contribution in [-0.2, 0) is 4.74 Å². The molecule has 1 aromatic rings. The van der Waals surface area contributed by atoms with Gasteiger partial charge >= 0.3 is 5.97 Å². The van der Waals surface area contributed by atoms with Gasteiger partial charge in [-0.2, -0.15) is 0 Å². The van der Waals surface area contributed by atoms with Gasteiger partial charge in [-0.25, -0.2) is 4.79 Å². The summed E-state index contributed by atoms with van der Waals surface area (Å²) in [6.45, 7) is 8.21. The molecule has 1 unspecified atom stereocenters. The predicted octanol–water partition coefficient (Wildman–Crippen LogP) is 3.66. The Hall–Kier alpha value is -1.65. The van der Waals surface area contributed by atoms with Crippen molar-refractivity contribution >= 4 is 5.97 Å². The molecule has 3 aliphatic heterocycles. The van der Waals surface area contributed by atoms with E-state index >= 15 is 0 Å². The summed E-state index contributed by atoms with van der Waals surface area (Å²) in [5.74, 6) is 1.36. The van der Waals surface area contributed by atoms with E-state index in [1.165, 1.54) is 25.8 Å². The number of hydrogen-bond acceptors (Lipinski definition) is 4. The Morgan fingerprint density at radius 3 is 2.81 bits per heavy atom. The summed E-state index contributed by atoms with van der Waals surface area (Å²) in [4.78, 5) is 16.0. The quantitative estimate of drug-likeness (QED) is 0.589. The highest BCUT2D eigenvalue weighted by molar-refractivity contribution is 5.89. The first-order valence-electron chi connectivity index (χ1n) is 12.3. The highest BCUT2D eigenvalue weighted by atomic mass is 16.5. The Bertz CT molecular complexity index is 1040. The third-order valence-electron chi connectivity index (χ3n) is 11.5. The van der Waals surface area contributed by atoms with Crippen molar-refractivity contribution < 1.29 is 14.6 Å². The van der Waals surface area contributed by atoms with Crippen molar-refractivity contribution in [3.05, 3.63) is 48.0 Å². The first kappa shape index (κ1) is 17.9. The highest BCUT2D eigenvalue weighted by Gasteiger charge is 2.90. The molecule has 9 aliphatic rings. The number of aliphatic hydroxyl groups is 1. The van der Waals surface area contributed by atoms with E-state index in [1.54, 1.807) is 0 Å². The van der Waals surface area contributed by atoms with E-state index in [0.29, 0.717) is 34.9 Å². The van der Waals surface area contributed by atoms with Crippen molar-refractivity contribution in [2.75, 3.05) is 6.54 Å². The second-order valence-corrected chi connectivity index (χ2v) is 12.2. The standard InChI is InChI=1S/C27H31NO3/c1-14-16-11-17-22-26-10-6-9-25(2)13-28(22)18(20(25)26)12-27(17,21(26)19(16)29)23(14)31-24(30)15-7-4-3-5-8-15/h3-5,7-8,16-23,29H,1,6,9-13H2,2H3/t16-,17-,18+,19+,20-,21+,22-,23-,25+,26+,27-/m1/s1. The monoisotopic (exact) mass is 417 g/mol. The lowest BCUT2D eigenvalue weighted by Crippen LogP contribution is -2.69. The van der Waals surface area contributed by atoms with Crippen LogP contribution in [0.15, 0.2) is 42.5 Å². The van der Waals surface area contributed by atoms with E-state index in [0.717, 1.165) is 18.4 Å². The summed E-state index contributed by atoms with van der Waals surface area (Å²) in [6.07, 6.45) is 5.44. The second-order valence-electron chi connectivity index (χ2n) is 12.2. The molecular formula is C27H31NO3. The van der Waals surface area contributed by atoms with Crippen LogP contribution in [-0.4, -0.2) is 46.8 Å². The number of piperidine rings is 2. The average Bonchev–Trinajstić information content (AvgIpc) is 3.19. The molecule has 10 rings (SSSR count). The van der Waals surface area contributed by atoms with Crippen molar-refractivity contribution in [1.82, 2.24) is 4.90 Å². The third kappa shape index (κ3) is 1.62. The molecule has 0 radical (unpaired) electrons. The van der Waals surface area contributed by atoms with Crippen molar-refractivity contribution in [3.63, 3.8) is 0 Å². The predicted molar refractivity (Wildman–Crippen MR) is 115 cm³/mol. The lowest BCUT2D eigenvalue weighted by atomic mass is 9.39. The first-order chi connectivity index (χ1) is 14.9. The maximum absolute atomic E-state index is 13.2. The summed E-state index contributed by atoms with van der Waals surface area (Å²) in [6, 6.07) is 10.6. The lowest BCUT2D eigenvalue weighted by molar-refractivity contribution is -0.213. The zero-order valence-electron chi connectivity index (χ0n) is 18.2. The van der Waals surface area contributed by atoms with E-state index < -0.39 is 0 Å². The largest absolute Gasteiger partial charge is 0.454 e. The molecule has 0 aromatic heterocycles. The van der Waals surface area contributed by atoms with Crippen LogP contribution in [0.3, 0.4) is 0 Å². The van der Waals surface area contributed by atoms with Crippen molar-refractivity contribution in [3.8, 4) is 0 Å². The van der Waals surface area contributed by atoms with Crippen molar-refractivity contribution in [2.45, 2.75) is 63.3 Å². The van der Waals surface area contributed by atoms with Crippen LogP contribution >= 0.6 is 0 Å². The van der Waals surface area contributed by atoms with E-state index in [9.17, 15) is 9.90 Å². The van der Waals surface area contributed by atoms with Gasteiger partial charge in [-0.15, -0.1) is 0 Å². The van der Waals surface area contributed by atoms with Gasteiger partial charge in [0.15, 0.2) is 0 Å². The number of ether oxygens (including phenoxy) is 1. The molecule has 3 heterocycles. The molecule has 4 heteroatoms. The second kappa shape index (κ2) is 5.12. The topological polar surface area (TPSA) is 49.8 Å². The number of aliphatic hydroxyl groups excluding tert-OH is 1.